The maximum Gasteiger partial charge on any atom is 0.251 e. The van der Waals surface area contributed by atoms with Gasteiger partial charge in [-0.3, -0.25) is 4.79 Å². The van der Waals surface area contributed by atoms with Crippen LogP contribution in [0.15, 0.2) is 46.9 Å². The zero-order valence-electron chi connectivity index (χ0n) is 10.7. The molecule has 0 bridgehead atoms. The van der Waals surface area contributed by atoms with E-state index >= 15 is 0 Å². The first-order chi connectivity index (χ1) is 9.19. The van der Waals surface area contributed by atoms with E-state index in [9.17, 15) is 9.28 Å². The number of halogens is 1. The number of hydrogen-bond donors (Lipinski definition) is 1. The molecule has 1 amide bonds. The second-order valence-electron chi connectivity index (χ2n) is 4.56. The van der Waals surface area contributed by atoms with Gasteiger partial charge >= 0.3 is 0 Å². The number of nitrogens with one attached hydrogen (secondary N) is 1. The average Bonchev–Trinajstić information content (AvgIpc) is 2.84. The summed E-state index contributed by atoms with van der Waals surface area (Å²) in [4.78, 5) is 11.6. The van der Waals surface area contributed by atoms with Crippen molar-refractivity contribution in [3.05, 3.63) is 59.5 Å². The van der Waals surface area contributed by atoms with Crippen LogP contribution in [0.1, 0.15) is 17.1 Å². The van der Waals surface area contributed by atoms with Gasteiger partial charge in [0.25, 0.3) is 5.91 Å². The van der Waals surface area contributed by atoms with E-state index in [0.29, 0.717) is 18.6 Å². The van der Waals surface area contributed by atoms with Crippen molar-refractivity contribution >= 4 is 5.91 Å². The van der Waals surface area contributed by atoms with Gasteiger partial charge in [0.2, 0.25) is 0 Å². The van der Waals surface area contributed by atoms with Gasteiger partial charge in [-0.25, -0.2) is 0 Å². The van der Waals surface area contributed by atoms with Crippen LogP contribution >= 0.6 is 0 Å². The van der Waals surface area contributed by atoms with Gasteiger partial charge in [-0.15, -0.1) is 4.48 Å². The molecule has 1 atom stereocenters. The molecular weight excluding hydrogens is 245 g/mol. The second kappa shape index (κ2) is 6.18. The molecule has 0 unspecified atom stereocenters. The van der Waals surface area contributed by atoms with Crippen LogP contribution in [0.2, 0.25) is 0 Å². The Labute approximate surface area is 111 Å². The number of rotatable bonds is 5. The summed E-state index contributed by atoms with van der Waals surface area (Å²) in [5.41, 5.74) is 2.23. The Hall–Kier alpha value is -2.10. The molecule has 0 fully saturated rings. The van der Waals surface area contributed by atoms with Crippen molar-refractivity contribution in [3.63, 3.8) is 0 Å². The second-order valence-corrected chi connectivity index (χ2v) is 4.56. The van der Waals surface area contributed by atoms with Crippen molar-refractivity contribution in [1.82, 2.24) is 5.54 Å². The predicted octanol–water partition coefficient (Wildman–Crippen LogP) is 2.99. The van der Waals surface area contributed by atoms with Crippen LogP contribution < -0.4 is 5.54 Å². The van der Waals surface area contributed by atoms with E-state index in [1.54, 1.807) is 0 Å². The first-order valence-corrected chi connectivity index (χ1v) is 6.19. The number of hydrogen-bond acceptors (Lipinski definition) is 2. The third-order valence-electron chi connectivity index (χ3n) is 3.03. The van der Waals surface area contributed by atoms with Crippen molar-refractivity contribution in [2.75, 3.05) is 0 Å². The maximum atomic E-state index is 12.4. The largest absolute Gasteiger partial charge is 0.466 e. The molecule has 0 spiro atoms. The van der Waals surface area contributed by atoms with Gasteiger partial charge in [0, 0.05) is 6.42 Å². The minimum atomic E-state index is -0.613. The molecule has 4 heteroatoms. The van der Waals surface area contributed by atoms with Gasteiger partial charge in [0.05, 0.1) is 5.92 Å². The molecule has 0 saturated carbocycles. The summed E-state index contributed by atoms with van der Waals surface area (Å²) in [7, 11) is 0. The van der Waals surface area contributed by atoms with Gasteiger partial charge < -0.3 is 4.42 Å². The molecule has 1 aromatic carbocycles. The monoisotopic (exact) mass is 261 g/mol. The Morgan fingerprint density at radius 2 is 1.95 bits per heavy atom. The summed E-state index contributed by atoms with van der Waals surface area (Å²) in [6.45, 7) is 1.84. The van der Waals surface area contributed by atoms with Gasteiger partial charge in [-0.05, 0) is 31.0 Å². The summed E-state index contributed by atoms with van der Waals surface area (Å²) >= 11 is 0. The van der Waals surface area contributed by atoms with Gasteiger partial charge in [-0.1, -0.05) is 30.3 Å². The summed E-state index contributed by atoms with van der Waals surface area (Å²) in [6.07, 6.45) is 0.870. The van der Waals surface area contributed by atoms with E-state index in [-0.39, 0.29) is 0 Å². The van der Waals surface area contributed by atoms with Crippen molar-refractivity contribution < 1.29 is 13.7 Å². The molecule has 1 N–H and O–H groups in total. The Morgan fingerprint density at radius 1 is 1.21 bits per heavy atom. The summed E-state index contributed by atoms with van der Waals surface area (Å²) in [5, 5.41) is 0. The first-order valence-electron chi connectivity index (χ1n) is 6.19. The van der Waals surface area contributed by atoms with Crippen molar-refractivity contribution in [1.29, 1.82) is 0 Å². The number of carbonyl (C=O) groups excluding carboxylic acids is 1. The van der Waals surface area contributed by atoms with Gasteiger partial charge in [0.15, 0.2) is 0 Å². The fourth-order valence-corrected chi connectivity index (χ4v) is 2.07. The Bertz CT molecular complexity index is 536. The normalized spacial score (nSPS) is 12.1. The lowest BCUT2D eigenvalue weighted by Crippen LogP contribution is -2.28. The molecule has 0 aliphatic rings. The molecular formula is C15H16FNO2. The lowest BCUT2D eigenvalue weighted by atomic mass is 9.94. The molecule has 19 heavy (non-hydrogen) atoms. The molecule has 3 nitrogen and oxygen atoms in total. The molecule has 2 rings (SSSR count). The lowest BCUT2D eigenvalue weighted by Gasteiger charge is -2.12. The van der Waals surface area contributed by atoms with Crippen LogP contribution in [-0.2, 0) is 17.6 Å². The van der Waals surface area contributed by atoms with Crippen molar-refractivity contribution in [3.8, 4) is 0 Å². The van der Waals surface area contributed by atoms with E-state index < -0.39 is 11.8 Å². The quantitative estimate of drug-likeness (QED) is 0.841. The van der Waals surface area contributed by atoms with E-state index in [1.165, 1.54) is 5.54 Å². The highest BCUT2D eigenvalue weighted by Crippen LogP contribution is 2.17. The summed E-state index contributed by atoms with van der Waals surface area (Å²) in [5.74, 6) is 0.395. The smallest absolute Gasteiger partial charge is 0.251 e. The highest BCUT2D eigenvalue weighted by atomic mass is 19.2. The Kier molecular flexibility index (Phi) is 4.34. The van der Waals surface area contributed by atoms with Gasteiger partial charge in [0.1, 0.15) is 11.5 Å². The zero-order valence-corrected chi connectivity index (χ0v) is 10.7. The highest BCUT2D eigenvalue weighted by Gasteiger charge is 2.21. The molecule has 0 aliphatic heterocycles. The van der Waals surface area contributed by atoms with E-state index in [0.717, 1.165) is 11.3 Å². The van der Waals surface area contributed by atoms with E-state index in [4.69, 9.17) is 4.42 Å². The molecule has 100 valence electrons. The van der Waals surface area contributed by atoms with Crippen LogP contribution in [0, 0.1) is 12.8 Å². The predicted molar refractivity (Wildman–Crippen MR) is 70.0 cm³/mol. The number of amides is 1. The van der Waals surface area contributed by atoms with Crippen molar-refractivity contribution in [2.45, 2.75) is 19.8 Å². The Balaban J connectivity index is 2.10. The summed E-state index contributed by atoms with van der Waals surface area (Å²) < 4.78 is 17.9. The third-order valence-corrected chi connectivity index (χ3v) is 3.03. The number of furan rings is 1. The number of carbonyl (C=O) groups is 1. The zero-order chi connectivity index (χ0) is 13.7. The van der Waals surface area contributed by atoms with Crippen LogP contribution in [-0.4, -0.2) is 5.91 Å². The molecule has 2 aromatic rings. The minimum Gasteiger partial charge on any atom is -0.466 e. The summed E-state index contributed by atoms with van der Waals surface area (Å²) in [6, 6.07) is 13.2. The SMILES string of the molecule is Cc1ccc(C[C@@H](Cc2ccccc2)C(=O)NF)o1. The van der Waals surface area contributed by atoms with Gasteiger partial charge in [-0.2, -0.15) is 5.54 Å². The maximum absolute atomic E-state index is 12.4. The third kappa shape index (κ3) is 3.68. The average molecular weight is 261 g/mol. The van der Waals surface area contributed by atoms with Crippen LogP contribution in [0.25, 0.3) is 0 Å². The lowest BCUT2D eigenvalue weighted by molar-refractivity contribution is -0.129. The Morgan fingerprint density at radius 3 is 2.53 bits per heavy atom. The number of aryl methyl sites for hydroxylation is 1. The number of benzene rings is 1. The topological polar surface area (TPSA) is 42.2 Å². The van der Waals surface area contributed by atoms with E-state index in [2.05, 4.69) is 0 Å². The van der Waals surface area contributed by atoms with E-state index in [1.807, 2.05) is 49.4 Å². The van der Waals surface area contributed by atoms with Crippen molar-refractivity contribution in [2.24, 2.45) is 5.92 Å². The molecule has 1 aromatic heterocycles. The fraction of sp³-hybridized carbons (Fsp3) is 0.267. The van der Waals surface area contributed by atoms with Crippen LogP contribution in [0.4, 0.5) is 4.48 Å². The highest BCUT2D eigenvalue weighted by molar-refractivity contribution is 5.78. The molecule has 0 aliphatic carbocycles. The first kappa shape index (κ1) is 13.3. The molecule has 1 heterocycles. The molecule has 0 radical (unpaired) electrons. The van der Waals surface area contributed by atoms with Crippen LogP contribution in [0.3, 0.4) is 0 Å². The minimum absolute atomic E-state index is 0.387. The van der Waals surface area contributed by atoms with Crippen LogP contribution in [0.5, 0.6) is 0 Å². The molecule has 0 saturated heterocycles. The fourth-order valence-electron chi connectivity index (χ4n) is 2.07. The standard InChI is InChI=1S/C15H16FNO2/c1-11-7-8-14(19-11)10-13(15(18)17-16)9-12-5-3-2-4-6-12/h2-8,13H,9-10H2,1H3,(H,17,18)/t13-/m1/s1.